The minimum atomic E-state index is 0. The molecule has 1 aromatic carbocycles. The van der Waals surface area contributed by atoms with Gasteiger partial charge in [-0.2, -0.15) is 0 Å². The van der Waals surface area contributed by atoms with Gasteiger partial charge in [0.05, 0.1) is 0 Å². The third-order valence-electron chi connectivity index (χ3n) is 4.23. The Morgan fingerprint density at radius 2 is 2.19 bits per heavy atom. The minimum Gasteiger partial charge on any atom is -0.338 e. The van der Waals surface area contributed by atoms with Crippen molar-refractivity contribution in [3.05, 3.63) is 34.3 Å². The smallest absolute Gasteiger partial charge is 0.226 e. The Kier molecular flexibility index (Phi) is 7.71. The molecule has 0 heterocycles. The molecule has 0 aromatic heterocycles. The zero-order chi connectivity index (χ0) is 14.5. The molecule has 21 heavy (non-hydrogen) atoms. The fraction of sp³-hybridized carbons (Fsp3) is 0.562. The Balaban J connectivity index is 0.00000220. The lowest BCUT2D eigenvalue weighted by molar-refractivity contribution is -0.137. The van der Waals surface area contributed by atoms with Crippen LogP contribution in [-0.4, -0.2) is 23.9 Å². The summed E-state index contributed by atoms with van der Waals surface area (Å²) in [6.45, 7) is 4.11. The third-order valence-corrected chi connectivity index (χ3v) is 4.73. The Morgan fingerprint density at radius 3 is 2.81 bits per heavy atom. The average molecular weight is 376 g/mol. The molecule has 1 fully saturated rings. The summed E-state index contributed by atoms with van der Waals surface area (Å²) in [6.07, 6.45) is 3.23. The first-order chi connectivity index (χ1) is 9.65. The lowest BCUT2D eigenvalue weighted by atomic mass is 9.94. The molecule has 0 bridgehead atoms. The van der Waals surface area contributed by atoms with Crippen LogP contribution in [0.1, 0.15) is 31.7 Å². The summed E-state index contributed by atoms with van der Waals surface area (Å²) in [5.74, 6) is 0.784. The summed E-state index contributed by atoms with van der Waals surface area (Å²) in [5, 5.41) is 0. The molecule has 2 N–H and O–H groups in total. The number of halogens is 2. The largest absolute Gasteiger partial charge is 0.338 e. The molecule has 0 spiro atoms. The van der Waals surface area contributed by atoms with Gasteiger partial charge in [0, 0.05) is 23.5 Å². The normalized spacial score (nSPS) is 20.9. The fourth-order valence-corrected chi connectivity index (χ4v) is 3.53. The number of benzene rings is 1. The van der Waals surface area contributed by atoms with Gasteiger partial charge in [-0.15, -0.1) is 12.4 Å². The molecule has 0 saturated heterocycles. The van der Waals surface area contributed by atoms with E-state index in [0.29, 0.717) is 19.0 Å². The Morgan fingerprint density at radius 1 is 1.43 bits per heavy atom. The van der Waals surface area contributed by atoms with Crippen LogP contribution in [0.25, 0.3) is 0 Å². The van der Waals surface area contributed by atoms with Gasteiger partial charge in [-0.25, -0.2) is 0 Å². The second kappa shape index (κ2) is 8.76. The van der Waals surface area contributed by atoms with Gasteiger partial charge in [0.25, 0.3) is 0 Å². The SMILES string of the molecule is CCN(Cc1cccc(Br)c1)C(=O)[C@@H]1CCC[C@@H]1CN.Cl. The number of hydrogen-bond acceptors (Lipinski definition) is 2. The Labute approximate surface area is 141 Å². The second-order valence-electron chi connectivity index (χ2n) is 5.52. The van der Waals surface area contributed by atoms with Crippen LogP contribution in [0.5, 0.6) is 0 Å². The van der Waals surface area contributed by atoms with E-state index in [9.17, 15) is 4.79 Å². The molecule has 1 aliphatic rings. The van der Waals surface area contributed by atoms with Gasteiger partial charge < -0.3 is 10.6 Å². The summed E-state index contributed by atoms with van der Waals surface area (Å²) in [6, 6.07) is 8.15. The highest BCUT2D eigenvalue weighted by molar-refractivity contribution is 9.10. The fourth-order valence-electron chi connectivity index (χ4n) is 3.08. The van der Waals surface area contributed by atoms with Crippen molar-refractivity contribution < 1.29 is 4.79 Å². The maximum absolute atomic E-state index is 12.7. The highest BCUT2D eigenvalue weighted by atomic mass is 79.9. The lowest BCUT2D eigenvalue weighted by Gasteiger charge is -2.27. The van der Waals surface area contributed by atoms with E-state index in [1.807, 2.05) is 24.0 Å². The van der Waals surface area contributed by atoms with E-state index in [-0.39, 0.29) is 24.2 Å². The zero-order valence-electron chi connectivity index (χ0n) is 12.4. The Bertz CT molecular complexity index is 469. The van der Waals surface area contributed by atoms with Crippen molar-refractivity contribution >= 4 is 34.2 Å². The molecular weight excluding hydrogens is 352 g/mol. The molecule has 118 valence electrons. The number of rotatable bonds is 5. The predicted molar refractivity (Wildman–Crippen MR) is 92.4 cm³/mol. The summed E-state index contributed by atoms with van der Waals surface area (Å²) in [5.41, 5.74) is 6.96. The van der Waals surface area contributed by atoms with Crippen LogP contribution in [0.4, 0.5) is 0 Å². The average Bonchev–Trinajstić information content (AvgIpc) is 2.92. The number of nitrogens with zero attached hydrogens (tertiary/aromatic N) is 1. The summed E-state index contributed by atoms with van der Waals surface area (Å²) in [4.78, 5) is 14.7. The molecule has 1 aromatic rings. The van der Waals surface area contributed by atoms with Crippen LogP contribution in [0.3, 0.4) is 0 Å². The zero-order valence-corrected chi connectivity index (χ0v) is 14.8. The topological polar surface area (TPSA) is 46.3 Å². The van der Waals surface area contributed by atoms with Crippen molar-refractivity contribution in [1.82, 2.24) is 4.90 Å². The molecule has 0 aliphatic heterocycles. The third kappa shape index (κ3) is 4.70. The van der Waals surface area contributed by atoms with Crippen molar-refractivity contribution in [2.75, 3.05) is 13.1 Å². The standard InChI is InChI=1S/C16H23BrN2O.ClH/c1-2-19(11-12-5-3-7-14(17)9-12)16(20)15-8-4-6-13(15)10-18;/h3,5,7,9,13,15H,2,4,6,8,10-11,18H2,1H3;1H/t13-,15-;/m1./s1. The van der Waals surface area contributed by atoms with Crippen LogP contribution < -0.4 is 5.73 Å². The lowest BCUT2D eigenvalue weighted by Crippen LogP contribution is -2.38. The van der Waals surface area contributed by atoms with Crippen LogP contribution in [-0.2, 0) is 11.3 Å². The number of carbonyl (C=O) groups excluding carboxylic acids is 1. The number of carbonyl (C=O) groups is 1. The monoisotopic (exact) mass is 374 g/mol. The van der Waals surface area contributed by atoms with Crippen molar-refractivity contribution in [1.29, 1.82) is 0 Å². The summed E-state index contributed by atoms with van der Waals surface area (Å²) < 4.78 is 1.05. The molecule has 2 atom stereocenters. The van der Waals surface area contributed by atoms with Gasteiger partial charge in [-0.3, -0.25) is 4.79 Å². The van der Waals surface area contributed by atoms with Crippen molar-refractivity contribution in [3.8, 4) is 0 Å². The van der Waals surface area contributed by atoms with Crippen LogP contribution in [0, 0.1) is 11.8 Å². The summed E-state index contributed by atoms with van der Waals surface area (Å²) >= 11 is 3.48. The predicted octanol–water partition coefficient (Wildman–Crippen LogP) is 3.59. The highest BCUT2D eigenvalue weighted by Gasteiger charge is 2.34. The van der Waals surface area contributed by atoms with Crippen molar-refractivity contribution in [2.24, 2.45) is 17.6 Å². The van der Waals surface area contributed by atoms with Gasteiger partial charge in [-0.05, 0) is 49.9 Å². The first kappa shape index (κ1) is 18.5. The Hall–Kier alpha value is -0.580. The molecule has 3 nitrogen and oxygen atoms in total. The van der Waals surface area contributed by atoms with E-state index in [2.05, 4.69) is 28.1 Å². The van der Waals surface area contributed by atoms with Crippen molar-refractivity contribution in [2.45, 2.75) is 32.7 Å². The van der Waals surface area contributed by atoms with Crippen molar-refractivity contribution in [3.63, 3.8) is 0 Å². The van der Waals surface area contributed by atoms with E-state index in [0.717, 1.165) is 35.8 Å². The molecule has 2 rings (SSSR count). The van der Waals surface area contributed by atoms with E-state index < -0.39 is 0 Å². The second-order valence-corrected chi connectivity index (χ2v) is 6.43. The molecule has 5 heteroatoms. The first-order valence-electron chi connectivity index (χ1n) is 7.39. The molecule has 1 amide bonds. The molecule has 0 radical (unpaired) electrons. The highest BCUT2D eigenvalue weighted by Crippen LogP contribution is 2.32. The maximum atomic E-state index is 12.7. The van der Waals surface area contributed by atoms with Gasteiger partial charge in [-0.1, -0.05) is 34.5 Å². The van der Waals surface area contributed by atoms with Gasteiger partial charge in [0.1, 0.15) is 0 Å². The van der Waals surface area contributed by atoms with Gasteiger partial charge in [0.15, 0.2) is 0 Å². The van der Waals surface area contributed by atoms with E-state index >= 15 is 0 Å². The quantitative estimate of drug-likeness (QED) is 0.855. The molecule has 1 aliphatic carbocycles. The van der Waals surface area contributed by atoms with Gasteiger partial charge >= 0.3 is 0 Å². The van der Waals surface area contributed by atoms with Gasteiger partial charge in [0.2, 0.25) is 5.91 Å². The first-order valence-corrected chi connectivity index (χ1v) is 8.18. The van der Waals surface area contributed by atoms with Crippen LogP contribution in [0.15, 0.2) is 28.7 Å². The number of amides is 1. The van der Waals surface area contributed by atoms with E-state index in [1.54, 1.807) is 0 Å². The number of hydrogen-bond donors (Lipinski definition) is 1. The maximum Gasteiger partial charge on any atom is 0.226 e. The number of nitrogens with two attached hydrogens (primary N) is 1. The molecule has 1 saturated carbocycles. The van der Waals surface area contributed by atoms with Crippen LogP contribution in [0.2, 0.25) is 0 Å². The molecule has 0 unspecified atom stereocenters. The van der Waals surface area contributed by atoms with E-state index in [4.69, 9.17) is 5.73 Å². The molecular formula is C16H24BrClN2O. The minimum absolute atomic E-state index is 0. The van der Waals surface area contributed by atoms with Crippen LogP contribution >= 0.6 is 28.3 Å². The van der Waals surface area contributed by atoms with E-state index in [1.165, 1.54) is 0 Å². The summed E-state index contributed by atoms with van der Waals surface area (Å²) in [7, 11) is 0.